The molecule has 0 fully saturated rings. The fourth-order valence-corrected chi connectivity index (χ4v) is 2.09. The van der Waals surface area contributed by atoms with Gasteiger partial charge in [-0.3, -0.25) is 4.79 Å². The summed E-state index contributed by atoms with van der Waals surface area (Å²) in [5.74, 6) is 0.843. The van der Waals surface area contributed by atoms with E-state index in [2.05, 4.69) is 6.92 Å². The second-order valence-corrected chi connectivity index (χ2v) is 4.62. The molecule has 0 aliphatic carbocycles. The summed E-state index contributed by atoms with van der Waals surface area (Å²) in [6.07, 6.45) is 2.54. The van der Waals surface area contributed by atoms with E-state index in [9.17, 15) is 4.79 Å². The largest absolute Gasteiger partial charge is 0.476 e. The molecular formula is C15H15NO3. The van der Waals surface area contributed by atoms with Crippen LogP contribution in [-0.4, -0.2) is 5.97 Å². The van der Waals surface area contributed by atoms with Crippen molar-refractivity contribution in [3.05, 3.63) is 41.7 Å². The van der Waals surface area contributed by atoms with E-state index in [0.717, 1.165) is 12.0 Å². The minimum atomic E-state index is -0.343. The minimum absolute atomic E-state index is 0.124. The number of hydrogen-bond acceptors (Lipinski definition) is 4. The van der Waals surface area contributed by atoms with Crippen LogP contribution in [0.4, 0.5) is 0 Å². The Balaban J connectivity index is 2.13. The summed E-state index contributed by atoms with van der Waals surface area (Å²) in [7, 11) is 0. The third kappa shape index (κ3) is 3.35. The van der Waals surface area contributed by atoms with Gasteiger partial charge in [0.05, 0.1) is 0 Å². The predicted molar refractivity (Wildman–Crippen MR) is 69.1 cm³/mol. The Kier molecular flexibility index (Phi) is 3.86. The fourth-order valence-electron chi connectivity index (χ4n) is 2.09. The SMILES string of the molecule is CC(=O)Oc1ccc([C@@H]2C[C@H](C)C=C(C#N)O2)cc1. The van der Waals surface area contributed by atoms with Gasteiger partial charge < -0.3 is 9.47 Å². The molecule has 1 heterocycles. The number of carbonyl (C=O) groups excluding carboxylic acids is 1. The van der Waals surface area contributed by atoms with Gasteiger partial charge in [0.1, 0.15) is 17.9 Å². The van der Waals surface area contributed by atoms with Crippen molar-refractivity contribution < 1.29 is 14.3 Å². The average molecular weight is 257 g/mol. The molecule has 98 valence electrons. The van der Waals surface area contributed by atoms with E-state index in [4.69, 9.17) is 14.7 Å². The molecule has 4 nitrogen and oxygen atoms in total. The van der Waals surface area contributed by atoms with Crippen LogP contribution in [0.2, 0.25) is 0 Å². The maximum absolute atomic E-state index is 10.8. The lowest BCUT2D eigenvalue weighted by atomic mass is 9.95. The predicted octanol–water partition coefficient (Wildman–Crippen LogP) is 3.12. The van der Waals surface area contributed by atoms with Crippen LogP contribution in [0.15, 0.2) is 36.1 Å². The molecule has 0 N–H and O–H groups in total. The lowest BCUT2D eigenvalue weighted by molar-refractivity contribution is -0.131. The van der Waals surface area contributed by atoms with Crippen molar-refractivity contribution >= 4 is 5.97 Å². The van der Waals surface area contributed by atoms with Gasteiger partial charge in [0, 0.05) is 6.92 Å². The highest BCUT2D eigenvalue weighted by Crippen LogP contribution is 2.33. The summed E-state index contributed by atoms with van der Waals surface area (Å²) in [5, 5.41) is 8.92. The fraction of sp³-hybridized carbons (Fsp3) is 0.333. The van der Waals surface area contributed by atoms with Crippen LogP contribution < -0.4 is 4.74 Å². The van der Waals surface area contributed by atoms with Crippen molar-refractivity contribution in [2.45, 2.75) is 26.4 Å². The zero-order valence-electron chi connectivity index (χ0n) is 10.9. The van der Waals surface area contributed by atoms with E-state index in [-0.39, 0.29) is 12.1 Å². The maximum atomic E-state index is 10.8. The van der Waals surface area contributed by atoms with Crippen molar-refractivity contribution in [1.82, 2.24) is 0 Å². The third-order valence-corrected chi connectivity index (χ3v) is 2.91. The Hall–Kier alpha value is -2.28. The number of benzene rings is 1. The van der Waals surface area contributed by atoms with E-state index < -0.39 is 0 Å². The first-order valence-corrected chi connectivity index (χ1v) is 6.15. The number of carbonyl (C=O) groups is 1. The number of hydrogen-bond donors (Lipinski definition) is 0. The van der Waals surface area contributed by atoms with Crippen molar-refractivity contribution in [3.8, 4) is 11.8 Å². The van der Waals surface area contributed by atoms with Crippen LogP contribution in [0.25, 0.3) is 0 Å². The Bertz CT molecular complexity index is 540. The third-order valence-electron chi connectivity index (χ3n) is 2.91. The summed E-state index contributed by atoms with van der Waals surface area (Å²) >= 11 is 0. The number of esters is 1. The second-order valence-electron chi connectivity index (χ2n) is 4.62. The maximum Gasteiger partial charge on any atom is 0.308 e. The number of nitrogens with zero attached hydrogens (tertiary/aromatic N) is 1. The molecule has 4 heteroatoms. The number of rotatable bonds is 2. The molecular weight excluding hydrogens is 242 g/mol. The smallest absolute Gasteiger partial charge is 0.308 e. The van der Waals surface area contributed by atoms with Gasteiger partial charge >= 0.3 is 5.97 Å². The van der Waals surface area contributed by atoms with Gasteiger partial charge in [0.2, 0.25) is 0 Å². The van der Waals surface area contributed by atoms with E-state index in [0.29, 0.717) is 17.4 Å². The molecule has 0 saturated carbocycles. The first-order valence-electron chi connectivity index (χ1n) is 6.15. The lowest BCUT2D eigenvalue weighted by Crippen LogP contribution is -2.13. The molecule has 0 unspecified atom stereocenters. The van der Waals surface area contributed by atoms with Gasteiger partial charge in [-0.05, 0) is 36.1 Å². The van der Waals surface area contributed by atoms with Gasteiger partial charge in [-0.2, -0.15) is 5.26 Å². The van der Waals surface area contributed by atoms with E-state index >= 15 is 0 Å². The number of nitriles is 1. The molecule has 1 aromatic carbocycles. The van der Waals surface area contributed by atoms with E-state index in [1.807, 2.05) is 24.3 Å². The quantitative estimate of drug-likeness (QED) is 0.603. The van der Waals surface area contributed by atoms with E-state index in [1.54, 1.807) is 12.1 Å². The van der Waals surface area contributed by atoms with Crippen molar-refractivity contribution in [2.75, 3.05) is 0 Å². The summed E-state index contributed by atoms with van der Waals surface area (Å²) in [4.78, 5) is 10.8. The summed E-state index contributed by atoms with van der Waals surface area (Å²) < 4.78 is 10.6. The van der Waals surface area contributed by atoms with Crippen molar-refractivity contribution in [1.29, 1.82) is 5.26 Å². The van der Waals surface area contributed by atoms with Gasteiger partial charge in [0.25, 0.3) is 0 Å². The van der Waals surface area contributed by atoms with Crippen molar-refractivity contribution in [2.24, 2.45) is 5.92 Å². The highest BCUT2D eigenvalue weighted by molar-refractivity contribution is 5.69. The van der Waals surface area contributed by atoms with Crippen molar-refractivity contribution in [3.63, 3.8) is 0 Å². The van der Waals surface area contributed by atoms with E-state index in [1.165, 1.54) is 6.92 Å². The molecule has 2 atom stereocenters. The van der Waals surface area contributed by atoms with Gasteiger partial charge in [-0.1, -0.05) is 19.1 Å². The van der Waals surface area contributed by atoms with Crippen LogP contribution in [0.3, 0.4) is 0 Å². The number of allylic oxidation sites excluding steroid dienone is 2. The lowest BCUT2D eigenvalue weighted by Gasteiger charge is -2.25. The summed E-state index contributed by atoms with van der Waals surface area (Å²) in [6, 6.07) is 9.22. The summed E-state index contributed by atoms with van der Waals surface area (Å²) in [5.41, 5.74) is 0.976. The molecule has 1 aliphatic heterocycles. The van der Waals surface area contributed by atoms with Gasteiger partial charge in [-0.15, -0.1) is 0 Å². The van der Waals surface area contributed by atoms with Gasteiger partial charge in [-0.25, -0.2) is 0 Å². The van der Waals surface area contributed by atoms with Crippen LogP contribution >= 0.6 is 0 Å². The summed E-state index contributed by atoms with van der Waals surface area (Å²) in [6.45, 7) is 3.42. The normalized spacial score (nSPS) is 21.8. The average Bonchev–Trinajstić information content (AvgIpc) is 2.38. The molecule has 0 amide bonds. The molecule has 0 saturated heterocycles. The van der Waals surface area contributed by atoms with Crippen LogP contribution in [0.5, 0.6) is 5.75 Å². The topological polar surface area (TPSA) is 59.3 Å². The standard InChI is InChI=1S/C15H15NO3/c1-10-7-14(9-16)19-15(8-10)12-3-5-13(6-4-12)18-11(2)17/h3-7,10,15H,8H2,1-2H3/t10-,15+/m1/s1. The molecule has 1 aromatic rings. The first-order chi connectivity index (χ1) is 9.08. The second kappa shape index (κ2) is 5.57. The number of ether oxygens (including phenoxy) is 2. The molecule has 0 aromatic heterocycles. The highest BCUT2D eigenvalue weighted by Gasteiger charge is 2.22. The molecule has 0 bridgehead atoms. The Morgan fingerprint density at radius 3 is 2.68 bits per heavy atom. The van der Waals surface area contributed by atoms with Gasteiger partial charge in [0.15, 0.2) is 5.76 Å². The Morgan fingerprint density at radius 2 is 2.11 bits per heavy atom. The first kappa shape index (κ1) is 13.2. The monoisotopic (exact) mass is 257 g/mol. The Morgan fingerprint density at radius 1 is 1.42 bits per heavy atom. The minimum Gasteiger partial charge on any atom is -0.476 e. The molecule has 1 aliphatic rings. The molecule has 0 spiro atoms. The zero-order chi connectivity index (χ0) is 13.8. The molecule has 0 radical (unpaired) electrons. The van der Waals surface area contributed by atoms with Crippen LogP contribution in [0, 0.1) is 17.2 Å². The van der Waals surface area contributed by atoms with Crippen LogP contribution in [-0.2, 0) is 9.53 Å². The molecule has 19 heavy (non-hydrogen) atoms. The Labute approximate surface area is 112 Å². The highest BCUT2D eigenvalue weighted by atomic mass is 16.5. The van der Waals surface area contributed by atoms with Crippen LogP contribution in [0.1, 0.15) is 31.9 Å². The molecule has 2 rings (SSSR count). The zero-order valence-corrected chi connectivity index (χ0v) is 10.9.